The molecule has 1 aromatic heterocycles. The number of halogens is 2. The van der Waals surface area contributed by atoms with Gasteiger partial charge < -0.3 is 9.84 Å². The third kappa shape index (κ3) is 3.85. The summed E-state index contributed by atoms with van der Waals surface area (Å²) in [7, 11) is 0. The normalized spacial score (nSPS) is 12.9. The fourth-order valence-electron chi connectivity index (χ4n) is 1.96. The van der Waals surface area contributed by atoms with Crippen LogP contribution in [0.2, 0.25) is 0 Å². The standard InChI is InChI=1S/C15H19F2N3O/c1-9(2)15-19-13(21-20-15)7-8-18-10(3)11-5-4-6-12(16)14(11)17/h4-6,9-10,18H,7-8H2,1-3H3. The molecular weight excluding hydrogens is 276 g/mol. The van der Waals surface area contributed by atoms with Crippen LogP contribution in [0.15, 0.2) is 22.7 Å². The van der Waals surface area contributed by atoms with Crippen LogP contribution in [0.4, 0.5) is 8.78 Å². The van der Waals surface area contributed by atoms with Gasteiger partial charge in [-0.1, -0.05) is 31.1 Å². The second kappa shape index (κ2) is 6.76. The van der Waals surface area contributed by atoms with Gasteiger partial charge in [-0.3, -0.25) is 0 Å². The first-order chi connectivity index (χ1) is 9.99. The van der Waals surface area contributed by atoms with Crippen LogP contribution in [0.25, 0.3) is 0 Å². The molecule has 21 heavy (non-hydrogen) atoms. The molecule has 0 aliphatic rings. The summed E-state index contributed by atoms with van der Waals surface area (Å²) in [6.07, 6.45) is 0.543. The van der Waals surface area contributed by atoms with E-state index in [1.165, 1.54) is 6.07 Å². The molecule has 1 atom stereocenters. The van der Waals surface area contributed by atoms with Crippen molar-refractivity contribution in [3.8, 4) is 0 Å². The molecule has 1 heterocycles. The van der Waals surface area contributed by atoms with E-state index in [0.717, 1.165) is 6.07 Å². The van der Waals surface area contributed by atoms with E-state index < -0.39 is 11.6 Å². The average molecular weight is 295 g/mol. The molecule has 0 fully saturated rings. The zero-order chi connectivity index (χ0) is 15.4. The molecule has 0 amide bonds. The minimum absolute atomic E-state index is 0.218. The lowest BCUT2D eigenvalue weighted by Gasteiger charge is -2.14. The first kappa shape index (κ1) is 15.6. The Morgan fingerprint density at radius 2 is 2.00 bits per heavy atom. The lowest BCUT2D eigenvalue weighted by molar-refractivity contribution is 0.366. The Labute approximate surface area is 122 Å². The van der Waals surface area contributed by atoms with Crippen LogP contribution in [0.3, 0.4) is 0 Å². The summed E-state index contributed by atoms with van der Waals surface area (Å²) in [5, 5.41) is 6.99. The molecule has 0 saturated carbocycles. The summed E-state index contributed by atoms with van der Waals surface area (Å²) in [6, 6.07) is 3.88. The Hall–Kier alpha value is -1.82. The topological polar surface area (TPSA) is 51.0 Å². The van der Waals surface area contributed by atoms with Gasteiger partial charge in [0.1, 0.15) is 0 Å². The van der Waals surface area contributed by atoms with Crippen LogP contribution in [0.5, 0.6) is 0 Å². The van der Waals surface area contributed by atoms with E-state index in [9.17, 15) is 8.78 Å². The summed E-state index contributed by atoms with van der Waals surface area (Å²) < 4.78 is 31.9. The van der Waals surface area contributed by atoms with Gasteiger partial charge in [0.2, 0.25) is 5.89 Å². The summed E-state index contributed by atoms with van der Waals surface area (Å²) >= 11 is 0. The van der Waals surface area contributed by atoms with Gasteiger partial charge in [0.25, 0.3) is 0 Å². The van der Waals surface area contributed by atoms with E-state index in [4.69, 9.17) is 4.52 Å². The lowest BCUT2D eigenvalue weighted by atomic mass is 10.1. The highest BCUT2D eigenvalue weighted by molar-refractivity contribution is 5.21. The number of hydrogen-bond donors (Lipinski definition) is 1. The molecule has 1 aromatic carbocycles. The van der Waals surface area contributed by atoms with Crippen LogP contribution >= 0.6 is 0 Å². The number of hydrogen-bond acceptors (Lipinski definition) is 4. The van der Waals surface area contributed by atoms with Crippen LogP contribution in [0, 0.1) is 11.6 Å². The van der Waals surface area contributed by atoms with Crippen molar-refractivity contribution < 1.29 is 13.3 Å². The Morgan fingerprint density at radius 1 is 1.24 bits per heavy atom. The van der Waals surface area contributed by atoms with Gasteiger partial charge in [-0.15, -0.1) is 0 Å². The van der Waals surface area contributed by atoms with Gasteiger partial charge in [-0.2, -0.15) is 4.98 Å². The molecular formula is C15H19F2N3O. The third-order valence-corrected chi connectivity index (χ3v) is 3.24. The first-order valence-electron chi connectivity index (χ1n) is 6.98. The van der Waals surface area contributed by atoms with Gasteiger partial charge >= 0.3 is 0 Å². The average Bonchev–Trinajstić information content (AvgIpc) is 2.91. The quantitative estimate of drug-likeness (QED) is 0.887. The van der Waals surface area contributed by atoms with Crippen LogP contribution < -0.4 is 5.32 Å². The molecule has 0 saturated heterocycles. The summed E-state index contributed by atoms with van der Waals surface area (Å²) in [6.45, 7) is 6.30. The fourth-order valence-corrected chi connectivity index (χ4v) is 1.96. The molecule has 6 heteroatoms. The fraction of sp³-hybridized carbons (Fsp3) is 0.467. The van der Waals surface area contributed by atoms with Crippen LogP contribution in [-0.2, 0) is 6.42 Å². The predicted octanol–water partition coefficient (Wildman–Crippen LogP) is 3.36. The largest absolute Gasteiger partial charge is 0.339 e. The number of nitrogens with zero attached hydrogens (tertiary/aromatic N) is 2. The highest BCUT2D eigenvalue weighted by Gasteiger charge is 2.14. The van der Waals surface area contributed by atoms with Gasteiger partial charge in [0.15, 0.2) is 17.5 Å². The first-order valence-corrected chi connectivity index (χ1v) is 6.98. The van der Waals surface area contributed by atoms with Crippen molar-refractivity contribution in [2.24, 2.45) is 0 Å². The van der Waals surface area contributed by atoms with Crippen molar-refractivity contribution in [2.75, 3.05) is 6.54 Å². The molecule has 114 valence electrons. The van der Waals surface area contributed by atoms with E-state index in [1.807, 2.05) is 13.8 Å². The van der Waals surface area contributed by atoms with Gasteiger partial charge in [-0.05, 0) is 13.0 Å². The summed E-state index contributed by atoms with van der Waals surface area (Å²) in [5.41, 5.74) is 0.309. The van der Waals surface area contributed by atoms with Crippen molar-refractivity contribution in [3.05, 3.63) is 47.1 Å². The second-order valence-corrected chi connectivity index (χ2v) is 5.27. The van der Waals surface area contributed by atoms with E-state index in [1.54, 1.807) is 13.0 Å². The summed E-state index contributed by atoms with van der Waals surface area (Å²) in [5.74, 6) is -0.208. The molecule has 0 spiro atoms. The maximum absolute atomic E-state index is 13.6. The number of benzene rings is 1. The highest BCUT2D eigenvalue weighted by atomic mass is 19.2. The van der Waals surface area contributed by atoms with Crippen molar-refractivity contribution in [3.63, 3.8) is 0 Å². The Bertz CT molecular complexity index is 598. The number of rotatable bonds is 6. The Balaban J connectivity index is 1.89. The second-order valence-electron chi connectivity index (χ2n) is 5.27. The molecule has 1 N–H and O–H groups in total. The van der Waals surface area contributed by atoms with Crippen LogP contribution in [-0.4, -0.2) is 16.7 Å². The molecule has 0 radical (unpaired) electrons. The van der Waals surface area contributed by atoms with E-state index in [-0.39, 0.29) is 12.0 Å². The minimum Gasteiger partial charge on any atom is -0.339 e. The van der Waals surface area contributed by atoms with Crippen molar-refractivity contribution >= 4 is 0 Å². The van der Waals surface area contributed by atoms with E-state index in [2.05, 4.69) is 15.5 Å². The summed E-state index contributed by atoms with van der Waals surface area (Å²) in [4.78, 5) is 4.26. The maximum atomic E-state index is 13.6. The van der Waals surface area contributed by atoms with Gasteiger partial charge in [0, 0.05) is 30.5 Å². The SMILES string of the molecule is CC(C)c1noc(CCNC(C)c2cccc(F)c2F)n1. The molecule has 0 bridgehead atoms. The molecule has 1 unspecified atom stereocenters. The smallest absolute Gasteiger partial charge is 0.227 e. The molecule has 4 nitrogen and oxygen atoms in total. The Kier molecular flexibility index (Phi) is 5.01. The predicted molar refractivity (Wildman–Crippen MR) is 74.9 cm³/mol. The van der Waals surface area contributed by atoms with Gasteiger partial charge in [-0.25, -0.2) is 8.78 Å². The molecule has 2 aromatic rings. The van der Waals surface area contributed by atoms with E-state index >= 15 is 0 Å². The molecule has 0 aliphatic carbocycles. The third-order valence-electron chi connectivity index (χ3n) is 3.24. The van der Waals surface area contributed by atoms with Crippen molar-refractivity contribution in [1.29, 1.82) is 0 Å². The number of aromatic nitrogens is 2. The molecule has 2 rings (SSSR count). The monoisotopic (exact) mass is 295 g/mol. The van der Waals surface area contributed by atoms with E-state index in [0.29, 0.717) is 30.2 Å². The molecule has 0 aliphatic heterocycles. The van der Waals surface area contributed by atoms with Gasteiger partial charge in [0.05, 0.1) is 0 Å². The lowest BCUT2D eigenvalue weighted by Crippen LogP contribution is -2.22. The van der Waals surface area contributed by atoms with Crippen LogP contribution in [0.1, 0.15) is 50.0 Å². The minimum atomic E-state index is -0.834. The van der Waals surface area contributed by atoms with Crippen molar-refractivity contribution in [1.82, 2.24) is 15.5 Å². The zero-order valence-electron chi connectivity index (χ0n) is 12.4. The van der Waals surface area contributed by atoms with Crippen molar-refractivity contribution in [2.45, 2.75) is 39.2 Å². The maximum Gasteiger partial charge on any atom is 0.227 e. The number of nitrogens with one attached hydrogen (secondary N) is 1. The Morgan fingerprint density at radius 3 is 2.67 bits per heavy atom. The zero-order valence-corrected chi connectivity index (χ0v) is 12.4. The highest BCUT2D eigenvalue weighted by Crippen LogP contribution is 2.18.